The van der Waals surface area contributed by atoms with E-state index < -0.39 is 17.8 Å². The SMILES string of the molecule is COc1ccccc1CNC(=O)C1CN(C(C)C)CC1C(=O)O. The van der Waals surface area contributed by atoms with Crippen LogP contribution < -0.4 is 10.1 Å². The first-order valence-electron chi connectivity index (χ1n) is 7.80. The number of nitrogens with one attached hydrogen (secondary N) is 1. The highest BCUT2D eigenvalue weighted by atomic mass is 16.5. The Morgan fingerprint density at radius 1 is 1.30 bits per heavy atom. The second kappa shape index (κ2) is 7.46. The van der Waals surface area contributed by atoms with Crippen molar-refractivity contribution in [3.8, 4) is 5.75 Å². The quantitative estimate of drug-likeness (QED) is 0.827. The van der Waals surface area contributed by atoms with Gasteiger partial charge in [-0.2, -0.15) is 0 Å². The molecule has 23 heavy (non-hydrogen) atoms. The number of ether oxygens (including phenoxy) is 1. The summed E-state index contributed by atoms with van der Waals surface area (Å²) in [5, 5.41) is 12.2. The van der Waals surface area contributed by atoms with E-state index in [1.807, 2.05) is 43.0 Å². The second-order valence-corrected chi connectivity index (χ2v) is 6.13. The van der Waals surface area contributed by atoms with Crippen LogP contribution in [0, 0.1) is 11.8 Å². The van der Waals surface area contributed by atoms with Gasteiger partial charge in [-0.25, -0.2) is 0 Å². The van der Waals surface area contributed by atoms with E-state index in [4.69, 9.17) is 4.74 Å². The van der Waals surface area contributed by atoms with Gasteiger partial charge in [0.25, 0.3) is 0 Å². The van der Waals surface area contributed by atoms with Crippen LogP contribution in [0.25, 0.3) is 0 Å². The minimum Gasteiger partial charge on any atom is -0.496 e. The fourth-order valence-electron chi connectivity index (χ4n) is 2.93. The minimum atomic E-state index is -0.911. The summed E-state index contributed by atoms with van der Waals surface area (Å²) in [7, 11) is 1.58. The van der Waals surface area contributed by atoms with Crippen molar-refractivity contribution in [2.75, 3.05) is 20.2 Å². The summed E-state index contributed by atoms with van der Waals surface area (Å²) in [6, 6.07) is 7.67. The number of carbonyl (C=O) groups excluding carboxylic acids is 1. The Balaban J connectivity index is 2.02. The van der Waals surface area contributed by atoms with Crippen LogP contribution in [-0.2, 0) is 16.1 Å². The Kier molecular flexibility index (Phi) is 5.60. The van der Waals surface area contributed by atoms with Crippen molar-refractivity contribution in [1.29, 1.82) is 0 Å². The van der Waals surface area contributed by atoms with Gasteiger partial charge in [-0.05, 0) is 19.9 Å². The number of nitrogens with zero attached hydrogens (tertiary/aromatic N) is 1. The zero-order chi connectivity index (χ0) is 17.0. The highest BCUT2D eigenvalue weighted by Crippen LogP contribution is 2.26. The van der Waals surface area contributed by atoms with Gasteiger partial charge < -0.3 is 15.2 Å². The molecule has 0 bridgehead atoms. The molecule has 0 aliphatic carbocycles. The van der Waals surface area contributed by atoms with Crippen molar-refractivity contribution in [2.24, 2.45) is 11.8 Å². The fourth-order valence-corrected chi connectivity index (χ4v) is 2.93. The van der Waals surface area contributed by atoms with Gasteiger partial charge in [-0.15, -0.1) is 0 Å². The Morgan fingerprint density at radius 3 is 2.57 bits per heavy atom. The lowest BCUT2D eigenvalue weighted by atomic mass is 9.95. The smallest absolute Gasteiger partial charge is 0.308 e. The number of hydrogen-bond acceptors (Lipinski definition) is 4. The molecule has 1 heterocycles. The van der Waals surface area contributed by atoms with Crippen molar-refractivity contribution in [2.45, 2.75) is 26.4 Å². The van der Waals surface area contributed by atoms with E-state index in [1.165, 1.54) is 0 Å². The summed E-state index contributed by atoms with van der Waals surface area (Å²) >= 11 is 0. The van der Waals surface area contributed by atoms with Crippen molar-refractivity contribution in [1.82, 2.24) is 10.2 Å². The topological polar surface area (TPSA) is 78.9 Å². The van der Waals surface area contributed by atoms with Crippen LogP contribution in [0.2, 0.25) is 0 Å². The molecule has 6 heteroatoms. The van der Waals surface area contributed by atoms with Gasteiger partial charge in [0.2, 0.25) is 5.91 Å². The molecule has 0 spiro atoms. The third-order valence-electron chi connectivity index (χ3n) is 4.38. The first kappa shape index (κ1) is 17.3. The Bertz CT molecular complexity index is 573. The van der Waals surface area contributed by atoms with Crippen LogP contribution in [0.4, 0.5) is 0 Å². The molecule has 2 N–H and O–H groups in total. The molecule has 1 aliphatic heterocycles. The van der Waals surface area contributed by atoms with E-state index in [0.29, 0.717) is 25.4 Å². The third-order valence-corrected chi connectivity index (χ3v) is 4.38. The molecule has 0 aromatic heterocycles. The third kappa shape index (κ3) is 4.01. The number of para-hydroxylation sites is 1. The molecular weight excluding hydrogens is 296 g/mol. The van der Waals surface area contributed by atoms with Gasteiger partial charge in [-0.1, -0.05) is 18.2 Å². The molecule has 2 atom stereocenters. The van der Waals surface area contributed by atoms with Crippen molar-refractivity contribution >= 4 is 11.9 Å². The first-order chi connectivity index (χ1) is 10.9. The van der Waals surface area contributed by atoms with Gasteiger partial charge in [-0.3, -0.25) is 14.5 Å². The summed E-state index contributed by atoms with van der Waals surface area (Å²) in [5.74, 6) is -1.60. The molecular formula is C17H24N2O4. The largest absolute Gasteiger partial charge is 0.496 e. The summed E-state index contributed by atoms with van der Waals surface area (Å²) in [6.07, 6.45) is 0. The number of carbonyl (C=O) groups is 2. The average molecular weight is 320 g/mol. The number of rotatable bonds is 6. The standard InChI is InChI=1S/C17H24N2O4/c1-11(2)19-9-13(14(10-19)17(21)22)16(20)18-8-12-6-4-5-7-15(12)23-3/h4-7,11,13-14H,8-10H2,1-3H3,(H,18,20)(H,21,22). The van der Waals surface area contributed by atoms with E-state index >= 15 is 0 Å². The number of aliphatic carboxylic acids is 1. The number of amides is 1. The summed E-state index contributed by atoms with van der Waals surface area (Å²) in [6.45, 7) is 5.24. The maximum Gasteiger partial charge on any atom is 0.308 e. The van der Waals surface area contributed by atoms with Gasteiger partial charge in [0.05, 0.1) is 18.9 Å². The maximum absolute atomic E-state index is 12.5. The molecule has 0 radical (unpaired) electrons. The lowest BCUT2D eigenvalue weighted by molar-refractivity contribution is -0.145. The number of methoxy groups -OCH3 is 1. The number of likely N-dealkylation sites (tertiary alicyclic amines) is 1. The molecule has 0 saturated carbocycles. The van der Waals surface area contributed by atoms with E-state index in [-0.39, 0.29) is 11.9 Å². The normalized spacial score (nSPS) is 21.4. The molecule has 2 unspecified atom stereocenters. The number of carboxylic acid groups (broad SMARTS) is 1. The van der Waals surface area contributed by atoms with Crippen LogP contribution in [0.15, 0.2) is 24.3 Å². The molecule has 1 aromatic rings. The van der Waals surface area contributed by atoms with Crippen molar-refractivity contribution < 1.29 is 19.4 Å². The van der Waals surface area contributed by atoms with E-state index in [0.717, 1.165) is 5.56 Å². The molecule has 1 saturated heterocycles. The van der Waals surface area contributed by atoms with Crippen LogP contribution >= 0.6 is 0 Å². The number of benzene rings is 1. The zero-order valence-electron chi connectivity index (χ0n) is 13.8. The molecule has 1 fully saturated rings. The molecule has 1 amide bonds. The molecule has 126 valence electrons. The lowest BCUT2D eigenvalue weighted by Gasteiger charge is -2.19. The fraction of sp³-hybridized carbons (Fsp3) is 0.529. The first-order valence-corrected chi connectivity index (χ1v) is 7.80. The average Bonchev–Trinajstić information content (AvgIpc) is 2.98. The van der Waals surface area contributed by atoms with Crippen molar-refractivity contribution in [3.63, 3.8) is 0 Å². The van der Waals surface area contributed by atoms with Gasteiger partial charge in [0.1, 0.15) is 5.75 Å². The highest BCUT2D eigenvalue weighted by Gasteiger charge is 2.42. The van der Waals surface area contributed by atoms with Crippen LogP contribution in [0.5, 0.6) is 5.75 Å². The maximum atomic E-state index is 12.5. The van der Waals surface area contributed by atoms with E-state index in [2.05, 4.69) is 5.32 Å². The second-order valence-electron chi connectivity index (χ2n) is 6.13. The van der Waals surface area contributed by atoms with Crippen LogP contribution in [-0.4, -0.2) is 48.1 Å². The van der Waals surface area contributed by atoms with E-state index in [9.17, 15) is 14.7 Å². The van der Waals surface area contributed by atoms with Crippen LogP contribution in [0.3, 0.4) is 0 Å². The summed E-state index contributed by atoms with van der Waals surface area (Å²) < 4.78 is 5.26. The molecule has 1 aromatic carbocycles. The van der Waals surface area contributed by atoms with E-state index in [1.54, 1.807) is 7.11 Å². The summed E-state index contributed by atoms with van der Waals surface area (Å²) in [5.41, 5.74) is 0.869. The Hall–Kier alpha value is -2.08. The minimum absolute atomic E-state index is 0.216. The zero-order valence-corrected chi connectivity index (χ0v) is 13.8. The van der Waals surface area contributed by atoms with Crippen LogP contribution in [0.1, 0.15) is 19.4 Å². The monoisotopic (exact) mass is 320 g/mol. The molecule has 2 rings (SSSR count). The molecule has 6 nitrogen and oxygen atoms in total. The number of hydrogen-bond donors (Lipinski definition) is 2. The highest BCUT2D eigenvalue weighted by molar-refractivity contribution is 5.85. The van der Waals surface area contributed by atoms with Gasteiger partial charge in [0, 0.05) is 31.2 Å². The predicted octanol–water partition coefficient (Wildman–Crippen LogP) is 1.35. The number of carboxylic acids is 1. The summed E-state index contributed by atoms with van der Waals surface area (Å²) in [4.78, 5) is 25.9. The Morgan fingerprint density at radius 2 is 1.96 bits per heavy atom. The van der Waals surface area contributed by atoms with Gasteiger partial charge in [0.15, 0.2) is 0 Å². The predicted molar refractivity (Wildman–Crippen MR) is 86.2 cm³/mol. The molecule has 1 aliphatic rings. The van der Waals surface area contributed by atoms with Crippen molar-refractivity contribution in [3.05, 3.63) is 29.8 Å². The van der Waals surface area contributed by atoms with Gasteiger partial charge >= 0.3 is 5.97 Å². The lowest BCUT2D eigenvalue weighted by Crippen LogP contribution is -2.37. The Labute approximate surface area is 136 Å².